The van der Waals surface area contributed by atoms with Crippen molar-refractivity contribution in [2.45, 2.75) is 19.8 Å². The van der Waals surface area contributed by atoms with E-state index in [1.807, 2.05) is 12.1 Å². The van der Waals surface area contributed by atoms with Gasteiger partial charge in [0, 0.05) is 11.3 Å². The molecule has 1 aromatic carbocycles. The summed E-state index contributed by atoms with van der Waals surface area (Å²) in [4.78, 5) is 4.73. The van der Waals surface area contributed by atoms with E-state index in [2.05, 4.69) is 17.4 Å². The van der Waals surface area contributed by atoms with Crippen LogP contribution in [0.5, 0.6) is 0 Å². The Labute approximate surface area is 123 Å². The number of nitrogens with two attached hydrogens (primary N) is 1. The maximum atomic E-state index is 13.1. The van der Waals surface area contributed by atoms with Crippen molar-refractivity contribution in [3.8, 4) is 11.3 Å². The quantitative estimate of drug-likeness (QED) is 0.798. The zero-order chi connectivity index (χ0) is 14.8. The number of benzene rings is 1. The largest absolute Gasteiger partial charge is 0.330 e. The smallest absolute Gasteiger partial charge is 0.137 e. The van der Waals surface area contributed by atoms with Gasteiger partial charge in [0.15, 0.2) is 0 Å². The molecular formula is C17H18FN3. The van der Waals surface area contributed by atoms with E-state index in [0.717, 1.165) is 41.1 Å². The van der Waals surface area contributed by atoms with Crippen molar-refractivity contribution in [1.82, 2.24) is 9.38 Å². The van der Waals surface area contributed by atoms with Gasteiger partial charge in [0.05, 0.1) is 11.4 Å². The highest BCUT2D eigenvalue weighted by atomic mass is 19.1. The van der Waals surface area contributed by atoms with Crippen molar-refractivity contribution >= 4 is 5.65 Å². The summed E-state index contributed by atoms with van der Waals surface area (Å²) >= 11 is 0. The molecule has 0 aliphatic carbocycles. The minimum Gasteiger partial charge on any atom is -0.330 e. The second-order valence-electron chi connectivity index (χ2n) is 5.17. The maximum Gasteiger partial charge on any atom is 0.137 e. The Bertz CT molecular complexity index is 760. The molecule has 0 spiro atoms. The number of hydrogen-bond donors (Lipinski definition) is 1. The van der Waals surface area contributed by atoms with E-state index in [9.17, 15) is 4.39 Å². The Morgan fingerprint density at radius 2 is 1.90 bits per heavy atom. The van der Waals surface area contributed by atoms with Gasteiger partial charge in [-0.1, -0.05) is 6.07 Å². The summed E-state index contributed by atoms with van der Waals surface area (Å²) in [5.41, 5.74) is 10.7. The molecule has 0 bridgehead atoms. The van der Waals surface area contributed by atoms with Gasteiger partial charge in [0.25, 0.3) is 0 Å². The Balaban J connectivity index is 2.21. The number of nitrogens with zero attached hydrogens (tertiary/aromatic N) is 2. The molecule has 0 radical (unpaired) electrons. The lowest BCUT2D eigenvalue weighted by molar-refractivity contribution is 0.628. The molecular weight excluding hydrogens is 265 g/mol. The van der Waals surface area contributed by atoms with E-state index in [0.29, 0.717) is 6.54 Å². The fraction of sp³-hybridized carbons (Fsp3) is 0.235. The predicted octanol–water partition coefficient (Wildman–Crippen LogP) is 3.34. The first kappa shape index (κ1) is 13.8. The average Bonchev–Trinajstić information content (AvgIpc) is 2.86. The molecule has 3 aromatic rings. The van der Waals surface area contributed by atoms with E-state index >= 15 is 0 Å². The van der Waals surface area contributed by atoms with Gasteiger partial charge in [-0.25, -0.2) is 9.37 Å². The van der Waals surface area contributed by atoms with Crippen molar-refractivity contribution in [2.24, 2.45) is 5.73 Å². The highest BCUT2D eigenvalue weighted by molar-refractivity contribution is 5.67. The molecule has 0 unspecified atom stereocenters. The van der Waals surface area contributed by atoms with Crippen molar-refractivity contribution in [1.29, 1.82) is 0 Å². The number of aryl methyl sites for hydroxylation is 2. The number of rotatable bonds is 4. The molecule has 0 aliphatic heterocycles. The molecule has 0 atom stereocenters. The highest BCUT2D eigenvalue weighted by Crippen LogP contribution is 2.26. The van der Waals surface area contributed by atoms with Crippen LogP contribution in [0.3, 0.4) is 0 Å². The van der Waals surface area contributed by atoms with Gasteiger partial charge in [0.1, 0.15) is 11.5 Å². The Morgan fingerprint density at radius 3 is 2.62 bits per heavy atom. The number of fused-ring (bicyclic) bond motifs is 1. The first-order valence-corrected chi connectivity index (χ1v) is 7.13. The van der Waals surface area contributed by atoms with Gasteiger partial charge in [-0.2, -0.15) is 0 Å². The fourth-order valence-corrected chi connectivity index (χ4v) is 2.67. The number of imidazole rings is 1. The highest BCUT2D eigenvalue weighted by Gasteiger charge is 2.14. The summed E-state index contributed by atoms with van der Waals surface area (Å²) < 4.78 is 15.3. The normalized spacial score (nSPS) is 11.2. The molecule has 0 aliphatic rings. The van der Waals surface area contributed by atoms with E-state index in [-0.39, 0.29) is 5.82 Å². The lowest BCUT2D eigenvalue weighted by atomic mass is 10.1. The van der Waals surface area contributed by atoms with Crippen molar-refractivity contribution in [3.05, 3.63) is 59.7 Å². The number of pyridine rings is 1. The Kier molecular flexibility index (Phi) is 3.71. The van der Waals surface area contributed by atoms with E-state index in [4.69, 9.17) is 10.7 Å². The van der Waals surface area contributed by atoms with Gasteiger partial charge in [-0.3, -0.25) is 0 Å². The summed E-state index contributed by atoms with van der Waals surface area (Å²) in [6, 6.07) is 12.6. The first-order valence-electron chi connectivity index (χ1n) is 7.13. The third kappa shape index (κ3) is 2.54. The van der Waals surface area contributed by atoms with Crippen LogP contribution < -0.4 is 5.73 Å². The summed E-state index contributed by atoms with van der Waals surface area (Å²) in [6.07, 6.45) is 1.76. The Hall–Kier alpha value is -2.20. The van der Waals surface area contributed by atoms with E-state index < -0.39 is 0 Å². The third-order valence-electron chi connectivity index (χ3n) is 3.67. The van der Waals surface area contributed by atoms with Gasteiger partial charge in [-0.05, 0) is 62.7 Å². The molecule has 0 saturated heterocycles. The van der Waals surface area contributed by atoms with Gasteiger partial charge in [0.2, 0.25) is 0 Å². The Morgan fingerprint density at radius 1 is 1.14 bits per heavy atom. The van der Waals surface area contributed by atoms with Crippen LogP contribution >= 0.6 is 0 Å². The molecule has 2 heterocycles. The summed E-state index contributed by atoms with van der Waals surface area (Å²) in [7, 11) is 0. The molecule has 21 heavy (non-hydrogen) atoms. The van der Waals surface area contributed by atoms with Gasteiger partial charge in [-0.15, -0.1) is 0 Å². The standard InChI is InChI=1S/C17H18FN3/c1-12-4-2-6-16-20-17(13-7-9-14(18)10-8-13)15(21(12)16)5-3-11-19/h2,4,6-10H,3,5,11,19H2,1H3. The third-order valence-corrected chi connectivity index (χ3v) is 3.67. The minimum atomic E-state index is -0.234. The minimum absolute atomic E-state index is 0.234. The van der Waals surface area contributed by atoms with Crippen LogP contribution in [0, 0.1) is 12.7 Å². The molecule has 2 N–H and O–H groups in total. The zero-order valence-corrected chi connectivity index (χ0v) is 12.0. The lowest BCUT2D eigenvalue weighted by Crippen LogP contribution is -2.04. The average molecular weight is 283 g/mol. The fourth-order valence-electron chi connectivity index (χ4n) is 2.67. The van der Waals surface area contributed by atoms with Crippen molar-refractivity contribution in [3.63, 3.8) is 0 Å². The van der Waals surface area contributed by atoms with Crippen LogP contribution in [0.25, 0.3) is 16.9 Å². The summed E-state index contributed by atoms with van der Waals surface area (Å²) in [5, 5.41) is 0. The van der Waals surface area contributed by atoms with Crippen LogP contribution in [0.15, 0.2) is 42.5 Å². The zero-order valence-electron chi connectivity index (χ0n) is 12.0. The molecule has 0 amide bonds. The van der Waals surface area contributed by atoms with Crippen LogP contribution in [0.1, 0.15) is 17.8 Å². The van der Waals surface area contributed by atoms with Crippen molar-refractivity contribution < 1.29 is 4.39 Å². The molecule has 3 rings (SSSR count). The molecule has 3 nitrogen and oxygen atoms in total. The maximum absolute atomic E-state index is 13.1. The molecule has 2 aromatic heterocycles. The van der Waals surface area contributed by atoms with Gasteiger partial charge >= 0.3 is 0 Å². The van der Waals surface area contributed by atoms with Crippen LogP contribution in [-0.2, 0) is 6.42 Å². The van der Waals surface area contributed by atoms with E-state index in [1.54, 1.807) is 12.1 Å². The van der Waals surface area contributed by atoms with E-state index in [1.165, 1.54) is 12.1 Å². The number of aromatic nitrogens is 2. The molecule has 0 fully saturated rings. The molecule has 0 saturated carbocycles. The second kappa shape index (κ2) is 5.66. The molecule has 108 valence electrons. The lowest BCUT2D eigenvalue weighted by Gasteiger charge is -2.07. The topological polar surface area (TPSA) is 43.3 Å². The second-order valence-corrected chi connectivity index (χ2v) is 5.17. The van der Waals surface area contributed by atoms with Crippen molar-refractivity contribution in [2.75, 3.05) is 6.54 Å². The van der Waals surface area contributed by atoms with Gasteiger partial charge < -0.3 is 10.1 Å². The number of halogens is 1. The first-order chi connectivity index (χ1) is 10.2. The predicted molar refractivity (Wildman–Crippen MR) is 82.7 cm³/mol. The summed E-state index contributed by atoms with van der Waals surface area (Å²) in [6.45, 7) is 2.71. The van der Waals surface area contributed by atoms with Crippen LogP contribution in [0.4, 0.5) is 4.39 Å². The monoisotopic (exact) mass is 283 g/mol. The number of hydrogen-bond acceptors (Lipinski definition) is 2. The van der Waals surface area contributed by atoms with Crippen LogP contribution in [-0.4, -0.2) is 15.9 Å². The van der Waals surface area contributed by atoms with Crippen LogP contribution in [0.2, 0.25) is 0 Å². The SMILES string of the molecule is Cc1cccc2nc(-c3ccc(F)cc3)c(CCCN)n12. The molecule has 4 heteroatoms. The summed E-state index contributed by atoms with van der Waals surface area (Å²) in [5.74, 6) is -0.234.